The second kappa shape index (κ2) is 13.2. The van der Waals surface area contributed by atoms with Gasteiger partial charge >= 0.3 is 5.97 Å². The van der Waals surface area contributed by atoms with Gasteiger partial charge in [0.25, 0.3) is 0 Å². The fourth-order valence-electron chi connectivity index (χ4n) is 3.20. The van der Waals surface area contributed by atoms with Crippen molar-refractivity contribution in [3.63, 3.8) is 0 Å². The average molecular weight is 396 g/mol. The molecule has 0 bridgehead atoms. The van der Waals surface area contributed by atoms with Crippen LogP contribution in [0.25, 0.3) is 0 Å². The molecule has 0 amide bonds. The van der Waals surface area contributed by atoms with Crippen LogP contribution < -0.4 is 9.47 Å². The number of aldehydes is 1. The number of carbonyl (C=O) groups is 2. The van der Waals surface area contributed by atoms with Crippen LogP contribution in [-0.2, 0) is 0 Å². The number of hydrogen-bond acceptors (Lipinski definition) is 4. The van der Waals surface area contributed by atoms with Gasteiger partial charge < -0.3 is 19.6 Å². The second-order valence-corrected chi connectivity index (χ2v) is 7.45. The zero-order chi connectivity index (χ0) is 20.9. The van der Waals surface area contributed by atoms with Gasteiger partial charge in [-0.2, -0.15) is 0 Å². The minimum absolute atomic E-state index is 0.121. The highest BCUT2D eigenvalue weighted by Crippen LogP contribution is 2.36. The minimum atomic E-state index is -1.16. The Hall–Kier alpha value is -1.98. The molecule has 2 atom stereocenters. The van der Waals surface area contributed by atoms with Gasteiger partial charge in [0.2, 0.25) is 0 Å². The van der Waals surface area contributed by atoms with Crippen LogP contribution >= 0.6 is 0 Å². The summed E-state index contributed by atoms with van der Waals surface area (Å²) in [6.07, 6.45) is 9.06. The van der Waals surface area contributed by atoms with Crippen molar-refractivity contribution in [3.8, 4) is 11.5 Å². The van der Waals surface area contributed by atoms with Crippen molar-refractivity contribution in [2.24, 2.45) is 11.8 Å². The number of ether oxygens (including phenoxy) is 2. The van der Waals surface area contributed by atoms with E-state index < -0.39 is 5.97 Å². The number of aromatic amines is 1. The second-order valence-electron chi connectivity index (χ2n) is 7.45. The maximum absolute atomic E-state index is 11.6. The summed E-state index contributed by atoms with van der Waals surface area (Å²) < 4.78 is 11.8. The van der Waals surface area contributed by atoms with Crippen LogP contribution in [0.4, 0.5) is 0 Å². The van der Waals surface area contributed by atoms with Gasteiger partial charge in [-0.3, -0.25) is 4.79 Å². The summed E-state index contributed by atoms with van der Waals surface area (Å²) in [7, 11) is 0. The third-order valence-corrected chi connectivity index (χ3v) is 5.28. The van der Waals surface area contributed by atoms with E-state index >= 15 is 0 Å². The van der Waals surface area contributed by atoms with Crippen molar-refractivity contribution in [3.05, 3.63) is 11.4 Å². The minimum Gasteiger partial charge on any atom is -0.487 e. The van der Waals surface area contributed by atoms with Crippen molar-refractivity contribution >= 4 is 12.3 Å². The molecule has 1 aromatic heterocycles. The number of rotatable bonds is 16. The molecule has 0 aliphatic heterocycles. The maximum Gasteiger partial charge on any atom is 0.356 e. The molecule has 0 radical (unpaired) electrons. The van der Waals surface area contributed by atoms with Gasteiger partial charge in [-0.15, -0.1) is 0 Å². The lowest BCUT2D eigenvalue weighted by atomic mass is 10.0. The number of hydrogen-bond donors (Lipinski definition) is 2. The van der Waals surface area contributed by atoms with E-state index in [0.29, 0.717) is 31.3 Å². The van der Waals surface area contributed by atoms with Crippen LogP contribution in [0.3, 0.4) is 0 Å². The number of aromatic carboxylic acids is 1. The molecule has 2 N–H and O–H groups in total. The fraction of sp³-hybridized carbons (Fsp3) is 0.727. The lowest BCUT2D eigenvalue weighted by Gasteiger charge is -2.18. The molecule has 0 fully saturated rings. The molecule has 1 aromatic rings. The molecule has 0 aliphatic rings. The number of H-pyrrole nitrogens is 1. The Labute approximate surface area is 169 Å². The number of aromatic nitrogens is 1. The molecule has 160 valence electrons. The van der Waals surface area contributed by atoms with E-state index in [4.69, 9.17) is 9.47 Å². The van der Waals surface area contributed by atoms with Gasteiger partial charge in [0.1, 0.15) is 5.69 Å². The molecular weight excluding hydrogens is 358 g/mol. The normalized spacial score (nSPS) is 13.1. The zero-order valence-electron chi connectivity index (χ0n) is 17.9. The summed E-state index contributed by atoms with van der Waals surface area (Å²) >= 11 is 0. The number of unbranched alkanes of at least 4 members (excludes halogenated alkanes) is 2. The highest BCUT2D eigenvalue weighted by atomic mass is 16.5. The van der Waals surface area contributed by atoms with Gasteiger partial charge in [0.05, 0.1) is 13.2 Å². The first-order valence-corrected chi connectivity index (χ1v) is 10.7. The predicted octanol–water partition coefficient (Wildman–Crippen LogP) is 5.72. The molecular formula is C22H37NO5. The summed E-state index contributed by atoms with van der Waals surface area (Å²) in [5.74, 6) is -0.0736. The first-order chi connectivity index (χ1) is 13.5. The van der Waals surface area contributed by atoms with E-state index in [-0.39, 0.29) is 22.9 Å². The maximum atomic E-state index is 11.6. The Kier molecular flexibility index (Phi) is 11.4. The molecule has 0 spiro atoms. The first kappa shape index (κ1) is 24.1. The fourth-order valence-corrected chi connectivity index (χ4v) is 3.20. The van der Waals surface area contributed by atoms with Crippen molar-refractivity contribution in [2.45, 2.75) is 79.1 Å². The Balaban J connectivity index is 2.99. The van der Waals surface area contributed by atoms with E-state index in [9.17, 15) is 14.7 Å². The van der Waals surface area contributed by atoms with Crippen LogP contribution in [0.1, 0.15) is 100 Å². The van der Waals surface area contributed by atoms with Crippen molar-refractivity contribution < 1.29 is 24.2 Å². The van der Waals surface area contributed by atoms with Crippen LogP contribution in [0.2, 0.25) is 0 Å². The van der Waals surface area contributed by atoms with Gasteiger partial charge in [-0.05, 0) is 24.7 Å². The summed E-state index contributed by atoms with van der Waals surface area (Å²) in [5, 5.41) is 9.52. The lowest BCUT2D eigenvalue weighted by molar-refractivity contribution is 0.0684. The van der Waals surface area contributed by atoms with E-state index in [1.54, 1.807) is 0 Å². The van der Waals surface area contributed by atoms with Crippen LogP contribution in [0.15, 0.2) is 0 Å². The summed E-state index contributed by atoms with van der Waals surface area (Å²) in [6, 6.07) is 0. The summed E-state index contributed by atoms with van der Waals surface area (Å²) in [4.78, 5) is 25.8. The van der Waals surface area contributed by atoms with Crippen LogP contribution in [0, 0.1) is 11.8 Å². The summed E-state index contributed by atoms with van der Waals surface area (Å²) in [6.45, 7) is 9.37. The van der Waals surface area contributed by atoms with Gasteiger partial charge in [-0.25, -0.2) is 4.79 Å². The predicted molar refractivity (Wildman–Crippen MR) is 111 cm³/mol. The third kappa shape index (κ3) is 7.21. The average Bonchev–Trinajstić information content (AvgIpc) is 3.06. The lowest BCUT2D eigenvalue weighted by Crippen LogP contribution is -2.15. The Bertz CT molecular complexity index is 596. The monoisotopic (exact) mass is 395 g/mol. The van der Waals surface area contributed by atoms with Gasteiger partial charge in [-0.1, -0.05) is 66.2 Å². The number of carboxylic acid groups (broad SMARTS) is 1. The molecule has 0 aromatic carbocycles. The van der Waals surface area contributed by atoms with Gasteiger partial charge in [0, 0.05) is 0 Å². The topological polar surface area (TPSA) is 88.6 Å². The number of carboxylic acids is 1. The molecule has 0 saturated heterocycles. The number of carbonyl (C=O) groups excluding carboxylic acids is 1. The molecule has 2 unspecified atom stereocenters. The van der Waals surface area contributed by atoms with Gasteiger partial charge in [0.15, 0.2) is 23.5 Å². The van der Waals surface area contributed by atoms with E-state index in [1.807, 2.05) is 0 Å². The molecule has 1 heterocycles. The smallest absolute Gasteiger partial charge is 0.356 e. The first-order valence-electron chi connectivity index (χ1n) is 10.7. The quantitative estimate of drug-likeness (QED) is 0.350. The van der Waals surface area contributed by atoms with Crippen molar-refractivity contribution in [1.82, 2.24) is 4.98 Å². The van der Waals surface area contributed by atoms with E-state index in [0.717, 1.165) is 51.4 Å². The largest absolute Gasteiger partial charge is 0.487 e. The van der Waals surface area contributed by atoms with E-state index in [2.05, 4.69) is 32.7 Å². The Morgan fingerprint density at radius 1 is 0.964 bits per heavy atom. The highest BCUT2D eigenvalue weighted by molar-refractivity contribution is 5.94. The molecule has 1 rings (SSSR count). The summed E-state index contributed by atoms with van der Waals surface area (Å²) in [5.41, 5.74) is 0.00315. The molecule has 6 nitrogen and oxygen atoms in total. The SMILES string of the molecule is CCCCC(CC)COc1c(C=O)[nH]c(C(=O)O)c1OCC(CC)CCCC. The van der Waals surface area contributed by atoms with Crippen molar-refractivity contribution in [1.29, 1.82) is 0 Å². The standard InChI is InChI=1S/C22H37NO5/c1-5-9-11-16(7-3)14-27-20-18(13-24)23-19(22(25)26)21(20)28-15-17(8-4)12-10-6-2/h13,16-17,23H,5-12,14-15H2,1-4H3,(H,25,26). The highest BCUT2D eigenvalue weighted by Gasteiger charge is 2.26. The Morgan fingerprint density at radius 2 is 1.46 bits per heavy atom. The van der Waals surface area contributed by atoms with Crippen LogP contribution in [0.5, 0.6) is 11.5 Å². The van der Waals surface area contributed by atoms with Crippen LogP contribution in [-0.4, -0.2) is 35.6 Å². The van der Waals surface area contributed by atoms with Crippen molar-refractivity contribution in [2.75, 3.05) is 13.2 Å². The molecule has 6 heteroatoms. The zero-order valence-corrected chi connectivity index (χ0v) is 17.9. The van der Waals surface area contributed by atoms with E-state index in [1.165, 1.54) is 0 Å². The molecule has 0 aliphatic carbocycles. The Morgan fingerprint density at radius 3 is 1.86 bits per heavy atom. The third-order valence-electron chi connectivity index (χ3n) is 5.28. The molecule has 28 heavy (non-hydrogen) atoms. The molecule has 0 saturated carbocycles. The number of nitrogens with one attached hydrogen (secondary N) is 1.